The molecule has 0 unspecified atom stereocenters. The number of likely N-dealkylation sites (N-methyl/N-ethyl adjacent to an activating group) is 2. The van der Waals surface area contributed by atoms with Gasteiger partial charge in [0.1, 0.15) is 6.04 Å². The quantitative estimate of drug-likeness (QED) is 0.170. The first-order valence-electron chi connectivity index (χ1n) is 19.1. The van der Waals surface area contributed by atoms with Gasteiger partial charge in [0.05, 0.1) is 54.8 Å². The first kappa shape index (κ1) is 45.8. The van der Waals surface area contributed by atoms with Gasteiger partial charge in [0.25, 0.3) is 0 Å². The number of hydrogen-bond donors (Lipinski definition) is 3. The minimum Gasteiger partial charge on any atom is -0.386 e. The monoisotopic (exact) mass is 744 g/mol. The van der Waals surface area contributed by atoms with Crippen LogP contribution in [-0.2, 0) is 28.7 Å². The van der Waals surface area contributed by atoms with Crippen molar-refractivity contribution < 1.29 is 33.8 Å². The summed E-state index contributed by atoms with van der Waals surface area (Å²) in [6.07, 6.45) is -0.985. The van der Waals surface area contributed by atoms with Crippen molar-refractivity contribution in [2.45, 2.75) is 123 Å². The zero-order valence-corrected chi connectivity index (χ0v) is 34.6. The smallest absolute Gasteiger partial charge is 0.245 e. The fourth-order valence-electron chi connectivity index (χ4n) is 7.71. The fourth-order valence-corrected chi connectivity index (χ4v) is 7.71. The number of nitrogens with zero attached hydrogens (tertiary/aromatic N) is 3. The van der Waals surface area contributed by atoms with Gasteiger partial charge in [-0.2, -0.15) is 0 Å². The van der Waals surface area contributed by atoms with Crippen molar-refractivity contribution in [2.24, 2.45) is 23.7 Å². The molecule has 1 aromatic rings. The molecule has 0 aromatic heterocycles. The zero-order chi connectivity index (χ0) is 40.3. The SMILES string of the molecule is C=C1CCN(C(=O)C[C@@H](OC)[C@H]([C@@H](C)CC)N(C)C(=O)[C@@H](NC(=O)[C@H](C(C)C)N(C)C)C(C)C)[C@@H]1[C@H](OC)[C@@H](C)C(=O)N[C@H](C)[C@@H](O)c1ccccc1. The van der Waals surface area contributed by atoms with Gasteiger partial charge in [0.15, 0.2) is 0 Å². The molecule has 1 saturated heterocycles. The number of aliphatic hydroxyl groups is 1. The number of ether oxygens (including phenoxy) is 2. The average Bonchev–Trinajstić information content (AvgIpc) is 3.49. The van der Waals surface area contributed by atoms with Crippen molar-refractivity contribution in [3.05, 3.63) is 48.0 Å². The molecule has 0 saturated carbocycles. The van der Waals surface area contributed by atoms with E-state index >= 15 is 0 Å². The Bertz CT molecular complexity index is 1350. The second-order valence-corrected chi connectivity index (χ2v) is 15.8. The Morgan fingerprint density at radius 2 is 1.53 bits per heavy atom. The van der Waals surface area contributed by atoms with Crippen molar-refractivity contribution >= 4 is 23.6 Å². The second-order valence-electron chi connectivity index (χ2n) is 15.8. The van der Waals surface area contributed by atoms with Crippen LogP contribution >= 0.6 is 0 Å². The van der Waals surface area contributed by atoms with Crippen LogP contribution in [0.3, 0.4) is 0 Å². The summed E-state index contributed by atoms with van der Waals surface area (Å²) in [6.45, 7) is 20.0. The summed E-state index contributed by atoms with van der Waals surface area (Å²) in [4.78, 5) is 60.7. The standard InChI is InChI=1S/C41H69N5O7/c1-15-26(6)35(45(12)41(51)33(24(2)3)43-40(50)34(25(4)5)44(10)11)31(52-13)23-32(47)46-22-21-27(7)36(46)38(53-14)28(8)39(49)42-29(9)37(48)30-19-17-16-18-20-30/h16-20,24-26,28-29,31,33-38,48H,7,15,21-23H2,1-6,8-14H3,(H,42,49)(H,43,50)/t26-,28+,29+,31+,33-,34-,35-,36-,37+,38+/m0/s1. The predicted octanol–water partition coefficient (Wildman–Crippen LogP) is 4.04. The summed E-state index contributed by atoms with van der Waals surface area (Å²) in [5, 5.41) is 16.8. The minimum atomic E-state index is -0.899. The third kappa shape index (κ3) is 11.6. The predicted molar refractivity (Wildman–Crippen MR) is 209 cm³/mol. The van der Waals surface area contributed by atoms with Crippen LogP contribution in [0.1, 0.15) is 86.3 Å². The molecule has 0 bridgehead atoms. The molecule has 0 aliphatic carbocycles. The normalized spacial score (nSPS) is 20.0. The maximum atomic E-state index is 14.3. The van der Waals surface area contributed by atoms with Crippen molar-refractivity contribution in [3.8, 4) is 0 Å². The van der Waals surface area contributed by atoms with Crippen LogP contribution in [-0.4, -0.2) is 128 Å². The highest BCUT2D eigenvalue weighted by atomic mass is 16.5. The molecule has 12 nitrogen and oxygen atoms in total. The maximum absolute atomic E-state index is 14.3. The van der Waals surface area contributed by atoms with E-state index in [1.165, 1.54) is 7.11 Å². The molecule has 10 atom stereocenters. The number of carbonyl (C=O) groups excluding carboxylic acids is 4. The van der Waals surface area contributed by atoms with Crippen LogP contribution < -0.4 is 10.6 Å². The summed E-state index contributed by atoms with van der Waals surface area (Å²) in [7, 11) is 8.50. The molecule has 1 aromatic carbocycles. The molecule has 1 fully saturated rings. The highest BCUT2D eigenvalue weighted by Crippen LogP contribution is 2.32. The van der Waals surface area contributed by atoms with E-state index in [2.05, 4.69) is 17.2 Å². The van der Waals surface area contributed by atoms with Gasteiger partial charge < -0.3 is 35.0 Å². The first-order valence-corrected chi connectivity index (χ1v) is 19.1. The number of amides is 4. The van der Waals surface area contributed by atoms with Crippen LogP contribution in [0.25, 0.3) is 0 Å². The van der Waals surface area contributed by atoms with E-state index in [9.17, 15) is 24.3 Å². The Morgan fingerprint density at radius 1 is 0.925 bits per heavy atom. The molecule has 4 amide bonds. The van der Waals surface area contributed by atoms with Crippen molar-refractivity contribution in [3.63, 3.8) is 0 Å². The number of methoxy groups -OCH3 is 2. The minimum absolute atomic E-state index is 0.0149. The van der Waals surface area contributed by atoms with E-state index in [1.807, 2.05) is 90.9 Å². The van der Waals surface area contributed by atoms with E-state index < -0.39 is 54.4 Å². The fraction of sp³-hybridized carbons (Fsp3) is 0.707. The van der Waals surface area contributed by atoms with Gasteiger partial charge in [-0.05, 0) is 50.8 Å². The Kier molecular flexibility index (Phi) is 18.1. The lowest BCUT2D eigenvalue weighted by molar-refractivity contribution is -0.147. The Hall–Kier alpha value is -3.32. The Labute approximate surface area is 319 Å². The lowest BCUT2D eigenvalue weighted by Gasteiger charge is -2.41. The molecular weight excluding hydrogens is 674 g/mol. The maximum Gasteiger partial charge on any atom is 0.245 e. The van der Waals surface area contributed by atoms with E-state index in [0.717, 1.165) is 12.0 Å². The third-order valence-electron chi connectivity index (χ3n) is 11.0. The van der Waals surface area contributed by atoms with Crippen LogP contribution in [0.4, 0.5) is 0 Å². The molecule has 2 rings (SSSR count). The van der Waals surface area contributed by atoms with Crippen LogP contribution in [0.15, 0.2) is 42.5 Å². The van der Waals surface area contributed by atoms with Gasteiger partial charge in [-0.1, -0.05) is 97.4 Å². The highest BCUT2D eigenvalue weighted by molar-refractivity contribution is 5.90. The Morgan fingerprint density at radius 3 is 2.02 bits per heavy atom. The number of carbonyl (C=O) groups is 4. The molecule has 3 N–H and O–H groups in total. The van der Waals surface area contributed by atoms with Gasteiger partial charge in [-0.3, -0.25) is 24.1 Å². The Balaban J connectivity index is 2.30. The highest BCUT2D eigenvalue weighted by Gasteiger charge is 2.44. The van der Waals surface area contributed by atoms with Gasteiger partial charge in [0, 0.05) is 27.8 Å². The van der Waals surface area contributed by atoms with Gasteiger partial charge >= 0.3 is 0 Å². The lowest BCUT2D eigenvalue weighted by atomic mass is 9.89. The summed E-state index contributed by atoms with van der Waals surface area (Å²) < 4.78 is 11.9. The summed E-state index contributed by atoms with van der Waals surface area (Å²) in [5.41, 5.74) is 1.48. The van der Waals surface area contributed by atoms with E-state index in [1.54, 1.807) is 37.8 Å². The van der Waals surface area contributed by atoms with Crippen LogP contribution in [0.5, 0.6) is 0 Å². The summed E-state index contributed by atoms with van der Waals surface area (Å²) >= 11 is 0. The van der Waals surface area contributed by atoms with E-state index in [0.29, 0.717) is 18.5 Å². The van der Waals surface area contributed by atoms with Crippen molar-refractivity contribution in [2.75, 3.05) is 41.9 Å². The summed E-state index contributed by atoms with van der Waals surface area (Å²) in [6, 6.07) is 6.37. The van der Waals surface area contributed by atoms with E-state index in [-0.39, 0.29) is 47.8 Å². The largest absolute Gasteiger partial charge is 0.386 e. The lowest BCUT2D eigenvalue weighted by Crippen LogP contribution is -2.59. The number of hydrogen-bond acceptors (Lipinski definition) is 8. The topological polar surface area (TPSA) is 141 Å². The van der Waals surface area contributed by atoms with Crippen molar-refractivity contribution in [1.82, 2.24) is 25.3 Å². The van der Waals surface area contributed by atoms with Crippen LogP contribution in [0.2, 0.25) is 0 Å². The molecule has 53 heavy (non-hydrogen) atoms. The molecule has 0 radical (unpaired) electrons. The molecule has 1 heterocycles. The van der Waals surface area contributed by atoms with Gasteiger partial charge in [0.2, 0.25) is 23.6 Å². The zero-order valence-electron chi connectivity index (χ0n) is 34.6. The molecule has 0 spiro atoms. The van der Waals surface area contributed by atoms with E-state index in [4.69, 9.17) is 9.47 Å². The third-order valence-corrected chi connectivity index (χ3v) is 11.0. The molecule has 12 heteroatoms. The van der Waals surface area contributed by atoms with Gasteiger partial charge in [-0.25, -0.2) is 0 Å². The molecular formula is C41H69N5O7. The number of aliphatic hydroxyl groups excluding tert-OH is 1. The average molecular weight is 744 g/mol. The number of benzene rings is 1. The number of nitrogens with one attached hydrogen (secondary N) is 2. The second kappa shape index (κ2) is 21.0. The summed E-state index contributed by atoms with van der Waals surface area (Å²) in [5.74, 6) is -1.82. The first-order chi connectivity index (χ1) is 24.8. The molecule has 1 aliphatic rings. The van der Waals surface area contributed by atoms with Gasteiger partial charge in [-0.15, -0.1) is 0 Å². The number of rotatable bonds is 20. The number of likely N-dealkylation sites (tertiary alicyclic amines) is 1. The van der Waals surface area contributed by atoms with Crippen LogP contribution in [0, 0.1) is 23.7 Å². The molecule has 300 valence electrons. The van der Waals surface area contributed by atoms with Crippen molar-refractivity contribution in [1.29, 1.82) is 0 Å². The molecule has 1 aliphatic heterocycles.